The molecule has 0 aromatic carbocycles. The van der Waals surface area contributed by atoms with Crippen LogP contribution >= 0.6 is 0 Å². The molecule has 1 atom stereocenters. The first-order valence-corrected chi connectivity index (χ1v) is 5.13. The molecular formula is C10H18N4O. The van der Waals surface area contributed by atoms with E-state index in [9.17, 15) is 4.79 Å². The van der Waals surface area contributed by atoms with Gasteiger partial charge >= 0.3 is 0 Å². The Morgan fingerprint density at radius 3 is 2.80 bits per heavy atom. The summed E-state index contributed by atoms with van der Waals surface area (Å²) < 4.78 is 1.96. The Morgan fingerprint density at radius 2 is 2.33 bits per heavy atom. The number of aromatic nitrogens is 2. The number of nitrogens with zero attached hydrogens (tertiary/aromatic N) is 2. The first-order valence-electron chi connectivity index (χ1n) is 5.13. The Morgan fingerprint density at radius 1 is 1.60 bits per heavy atom. The van der Waals surface area contributed by atoms with Gasteiger partial charge in [0.2, 0.25) is 5.91 Å². The minimum absolute atomic E-state index is 0.421. The van der Waals surface area contributed by atoms with E-state index in [0.29, 0.717) is 12.8 Å². The summed E-state index contributed by atoms with van der Waals surface area (Å²) in [5.74, 6) is -0.421. The van der Waals surface area contributed by atoms with Gasteiger partial charge in [0.1, 0.15) is 0 Å². The number of amides is 1. The second-order valence-electron chi connectivity index (χ2n) is 3.78. The van der Waals surface area contributed by atoms with Crippen molar-refractivity contribution in [3.05, 3.63) is 18.7 Å². The molecule has 0 fully saturated rings. The van der Waals surface area contributed by atoms with Crippen LogP contribution in [0.5, 0.6) is 0 Å². The third-order valence-electron chi connectivity index (χ3n) is 2.72. The number of nitrogens with two attached hydrogens (primary N) is 2. The highest BCUT2D eigenvalue weighted by Gasteiger charge is 2.28. The lowest BCUT2D eigenvalue weighted by Gasteiger charge is -2.23. The second-order valence-corrected chi connectivity index (χ2v) is 3.78. The van der Waals surface area contributed by atoms with E-state index in [1.807, 2.05) is 17.7 Å². The maximum absolute atomic E-state index is 11.1. The van der Waals surface area contributed by atoms with E-state index in [-0.39, 0.29) is 0 Å². The predicted octanol–water partition coefficient (Wildman–Crippen LogP) is 0.256. The molecule has 0 aliphatic rings. The Hall–Kier alpha value is -1.36. The minimum atomic E-state index is -0.861. The molecule has 84 valence electrons. The smallest absolute Gasteiger partial charge is 0.237 e. The van der Waals surface area contributed by atoms with Crippen molar-refractivity contribution in [2.24, 2.45) is 11.5 Å². The summed E-state index contributed by atoms with van der Waals surface area (Å²) in [6.07, 6.45) is 7.36. The molecule has 4 N–H and O–H groups in total. The SMILES string of the molecule is CCC(N)(CCCn1ccnc1)C(N)=O. The lowest BCUT2D eigenvalue weighted by molar-refractivity contribution is -0.123. The lowest BCUT2D eigenvalue weighted by atomic mass is 9.91. The molecule has 1 aromatic heterocycles. The predicted molar refractivity (Wildman–Crippen MR) is 57.9 cm³/mol. The van der Waals surface area contributed by atoms with Gasteiger partial charge in [-0.3, -0.25) is 4.79 Å². The summed E-state index contributed by atoms with van der Waals surface area (Å²) in [4.78, 5) is 15.1. The van der Waals surface area contributed by atoms with Gasteiger partial charge in [0.15, 0.2) is 0 Å². The van der Waals surface area contributed by atoms with Crippen molar-refractivity contribution in [1.82, 2.24) is 9.55 Å². The minimum Gasteiger partial charge on any atom is -0.368 e. The molecule has 1 amide bonds. The second kappa shape index (κ2) is 4.93. The molecule has 15 heavy (non-hydrogen) atoms. The average molecular weight is 210 g/mol. The number of imidazole rings is 1. The van der Waals surface area contributed by atoms with Crippen LogP contribution in [-0.2, 0) is 11.3 Å². The molecule has 1 rings (SSSR count). The molecule has 0 radical (unpaired) electrons. The number of carbonyl (C=O) groups excluding carboxylic acids is 1. The molecular weight excluding hydrogens is 192 g/mol. The normalized spacial score (nSPS) is 14.8. The summed E-state index contributed by atoms with van der Waals surface area (Å²) in [6, 6.07) is 0. The molecule has 1 aromatic rings. The van der Waals surface area contributed by atoms with Crippen molar-refractivity contribution in [2.45, 2.75) is 38.3 Å². The van der Waals surface area contributed by atoms with E-state index in [1.165, 1.54) is 0 Å². The summed E-state index contributed by atoms with van der Waals surface area (Å²) in [5, 5.41) is 0. The zero-order valence-corrected chi connectivity index (χ0v) is 9.02. The van der Waals surface area contributed by atoms with E-state index in [2.05, 4.69) is 4.98 Å². The number of primary amides is 1. The average Bonchev–Trinajstić information content (AvgIpc) is 2.70. The van der Waals surface area contributed by atoms with Crippen molar-refractivity contribution in [1.29, 1.82) is 0 Å². The number of rotatable bonds is 6. The van der Waals surface area contributed by atoms with Crippen LogP contribution in [0.2, 0.25) is 0 Å². The van der Waals surface area contributed by atoms with Crippen LogP contribution < -0.4 is 11.5 Å². The van der Waals surface area contributed by atoms with Crippen LogP contribution in [0.3, 0.4) is 0 Å². The Balaban J connectivity index is 2.38. The molecule has 1 unspecified atom stereocenters. The highest BCUT2D eigenvalue weighted by atomic mass is 16.1. The summed E-state index contributed by atoms with van der Waals surface area (Å²) in [7, 11) is 0. The van der Waals surface area contributed by atoms with Gasteiger partial charge < -0.3 is 16.0 Å². The van der Waals surface area contributed by atoms with Crippen LogP contribution in [0, 0.1) is 0 Å². The maximum Gasteiger partial charge on any atom is 0.237 e. The standard InChI is InChI=1S/C10H18N4O/c1-2-10(12,9(11)15)4-3-6-14-7-5-13-8-14/h5,7-8H,2-4,6,12H2,1H3,(H2,11,15). The van der Waals surface area contributed by atoms with Crippen molar-refractivity contribution in [3.8, 4) is 0 Å². The number of aryl methyl sites for hydroxylation is 1. The summed E-state index contributed by atoms with van der Waals surface area (Å²) >= 11 is 0. The lowest BCUT2D eigenvalue weighted by Crippen LogP contribution is -2.51. The van der Waals surface area contributed by atoms with Gasteiger partial charge in [-0.15, -0.1) is 0 Å². The topological polar surface area (TPSA) is 86.9 Å². The Labute approximate surface area is 89.5 Å². The fraction of sp³-hybridized carbons (Fsp3) is 0.600. The van der Waals surface area contributed by atoms with Crippen molar-refractivity contribution < 1.29 is 4.79 Å². The summed E-state index contributed by atoms with van der Waals surface area (Å²) in [6.45, 7) is 2.69. The number of carbonyl (C=O) groups is 1. The zero-order chi connectivity index (χ0) is 11.3. The molecule has 5 nitrogen and oxygen atoms in total. The molecule has 5 heteroatoms. The van der Waals surface area contributed by atoms with Crippen LogP contribution in [0.25, 0.3) is 0 Å². The third kappa shape index (κ3) is 3.06. The molecule has 0 spiro atoms. The monoisotopic (exact) mass is 210 g/mol. The van der Waals surface area contributed by atoms with Crippen molar-refractivity contribution >= 4 is 5.91 Å². The van der Waals surface area contributed by atoms with Crippen LogP contribution in [0.1, 0.15) is 26.2 Å². The van der Waals surface area contributed by atoms with Gasteiger partial charge in [-0.2, -0.15) is 0 Å². The van der Waals surface area contributed by atoms with E-state index in [1.54, 1.807) is 12.5 Å². The molecule has 0 saturated heterocycles. The van der Waals surface area contributed by atoms with Gasteiger partial charge in [-0.25, -0.2) is 4.98 Å². The number of hydrogen-bond acceptors (Lipinski definition) is 3. The Kier molecular flexibility index (Phi) is 3.85. The first kappa shape index (κ1) is 11.7. The third-order valence-corrected chi connectivity index (χ3v) is 2.72. The van der Waals surface area contributed by atoms with E-state index >= 15 is 0 Å². The van der Waals surface area contributed by atoms with E-state index in [4.69, 9.17) is 11.5 Å². The highest BCUT2D eigenvalue weighted by Crippen LogP contribution is 2.14. The quantitative estimate of drug-likeness (QED) is 0.705. The number of hydrogen-bond donors (Lipinski definition) is 2. The molecule has 0 saturated carbocycles. The summed E-state index contributed by atoms with van der Waals surface area (Å²) in [5.41, 5.74) is 10.3. The molecule has 0 bridgehead atoms. The fourth-order valence-corrected chi connectivity index (χ4v) is 1.47. The largest absolute Gasteiger partial charge is 0.368 e. The molecule has 0 aliphatic carbocycles. The van der Waals surface area contributed by atoms with E-state index in [0.717, 1.165) is 13.0 Å². The van der Waals surface area contributed by atoms with Crippen molar-refractivity contribution in [3.63, 3.8) is 0 Å². The molecule has 0 aliphatic heterocycles. The van der Waals surface area contributed by atoms with Gasteiger partial charge in [-0.05, 0) is 19.3 Å². The fourth-order valence-electron chi connectivity index (χ4n) is 1.47. The van der Waals surface area contributed by atoms with E-state index < -0.39 is 11.4 Å². The van der Waals surface area contributed by atoms with Gasteiger partial charge in [0.05, 0.1) is 11.9 Å². The van der Waals surface area contributed by atoms with Crippen LogP contribution in [0.15, 0.2) is 18.7 Å². The van der Waals surface area contributed by atoms with Gasteiger partial charge in [0, 0.05) is 18.9 Å². The van der Waals surface area contributed by atoms with Crippen LogP contribution in [0.4, 0.5) is 0 Å². The Bertz CT molecular complexity index is 309. The van der Waals surface area contributed by atoms with Crippen molar-refractivity contribution in [2.75, 3.05) is 0 Å². The van der Waals surface area contributed by atoms with Gasteiger partial charge in [0.25, 0.3) is 0 Å². The first-order chi connectivity index (χ1) is 7.08. The maximum atomic E-state index is 11.1. The zero-order valence-electron chi connectivity index (χ0n) is 9.02. The molecule has 1 heterocycles. The van der Waals surface area contributed by atoms with Gasteiger partial charge in [-0.1, -0.05) is 6.92 Å². The highest BCUT2D eigenvalue weighted by molar-refractivity contribution is 5.84. The van der Waals surface area contributed by atoms with Crippen LogP contribution in [-0.4, -0.2) is 21.0 Å².